The third-order valence-electron chi connectivity index (χ3n) is 3.59. The van der Waals surface area contributed by atoms with Crippen LogP contribution in [-0.2, 0) is 20.8 Å². The molecule has 2 amide bonds. The molecule has 2 rings (SSSR count). The fourth-order valence-corrected chi connectivity index (χ4v) is 2.22. The van der Waals surface area contributed by atoms with Gasteiger partial charge in [0.05, 0.1) is 0 Å². The van der Waals surface area contributed by atoms with Crippen molar-refractivity contribution in [3.63, 3.8) is 0 Å². The average Bonchev–Trinajstić information content (AvgIpc) is 2.66. The Bertz CT molecular complexity index is 922. The van der Waals surface area contributed by atoms with Crippen LogP contribution in [-0.4, -0.2) is 33.7 Å². The summed E-state index contributed by atoms with van der Waals surface area (Å²) in [5.74, 6) is -1.87. The standard InChI is InChI=1S/C19H19N5O4/c20-18(21)12-3-6-14(7-4-12)23-15(25)8-9-16(26)24-19-13(2-1-11-22-19)5-10-17(27)28/h1-4,6-9,11H,5,10H2,(H3,20,21)(H,23,25)(H,27,28)(H,22,24,26)/b9-8-. The Morgan fingerprint density at radius 2 is 1.71 bits per heavy atom. The molecule has 9 heteroatoms. The molecule has 0 bridgehead atoms. The number of carboxylic acids is 1. The highest BCUT2D eigenvalue weighted by Crippen LogP contribution is 2.14. The molecule has 9 nitrogen and oxygen atoms in total. The van der Waals surface area contributed by atoms with Gasteiger partial charge in [-0.15, -0.1) is 0 Å². The van der Waals surface area contributed by atoms with Gasteiger partial charge in [-0.1, -0.05) is 6.07 Å². The maximum atomic E-state index is 12.0. The highest BCUT2D eigenvalue weighted by atomic mass is 16.4. The second-order valence-corrected chi connectivity index (χ2v) is 5.71. The predicted molar refractivity (Wildman–Crippen MR) is 104 cm³/mol. The maximum Gasteiger partial charge on any atom is 0.303 e. The Balaban J connectivity index is 1.93. The van der Waals surface area contributed by atoms with Crippen LogP contribution in [0, 0.1) is 5.41 Å². The van der Waals surface area contributed by atoms with Crippen LogP contribution in [0.2, 0.25) is 0 Å². The molecule has 6 N–H and O–H groups in total. The minimum absolute atomic E-state index is 0.0771. The van der Waals surface area contributed by atoms with Crippen molar-refractivity contribution in [3.05, 3.63) is 65.9 Å². The average molecular weight is 381 g/mol. The lowest BCUT2D eigenvalue weighted by atomic mass is 10.1. The summed E-state index contributed by atoms with van der Waals surface area (Å²) in [4.78, 5) is 38.6. The van der Waals surface area contributed by atoms with Gasteiger partial charge in [-0.25, -0.2) is 4.98 Å². The molecule has 0 saturated heterocycles. The summed E-state index contributed by atoms with van der Waals surface area (Å²) >= 11 is 0. The predicted octanol–water partition coefficient (Wildman–Crippen LogP) is 1.52. The molecule has 0 aliphatic heterocycles. The molecule has 1 aromatic heterocycles. The third-order valence-corrected chi connectivity index (χ3v) is 3.59. The van der Waals surface area contributed by atoms with E-state index < -0.39 is 17.8 Å². The third kappa shape index (κ3) is 6.37. The van der Waals surface area contributed by atoms with Crippen molar-refractivity contribution in [2.75, 3.05) is 10.6 Å². The lowest BCUT2D eigenvalue weighted by molar-refractivity contribution is -0.137. The van der Waals surface area contributed by atoms with Crippen LogP contribution in [0.3, 0.4) is 0 Å². The van der Waals surface area contributed by atoms with Gasteiger partial charge in [0.15, 0.2) is 0 Å². The number of hydrogen-bond acceptors (Lipinski definition) is 5. The van der Waals surface area contributed by atoms with E-state index in [1.54, 1.807) is 36.4 Å². The summed E-state index contributed by atoms with van der Waals surface area (Å²) in [6.45, 7) is 0. The van der Waals surface area contributed by atoms with E-state index in [0.717, 1.165) is 12.2 Å². The van der Waals surface area contributed by atoms with Crippen molar-refractivity contribution in [1.82, 2.24) is 4.98 Å². The molecule has 0 aliphatic carbocycles. The zero-order valence-corrected chi connectivity index (χ0v) is 14.8. The normalized spacial score (nSPS) is 10.4. The largest absolute Gasteiger partial charge is 0.481 e. The molecule has 1 aromatic carbocycles. The first-order chi connectivity index (χ1) is 13.3. The van der Waals surface area contributed by atoms with Crippen molar-refractivity contribution >= 4 is 35.1 Å². The molecule has 28 heavy (non-hydrogen) atoms. The van der Waals surface area contributed by atoms with Crippen LogP contribution < -0.4 is 16.4 Å². The zero-order chi connectivity index (χ0) is 20.5. The Morgan fingerprint density at radius 1 is 1.07 bits per heavy atom. The van der Waals surface area contributed by atoms with Gasteiger partial charge >= 0.3 is 5.97 Å². The number of pyridine rings is 1. The van der Waals surface area contributed by atoms with E-state index in [9.17, 15) is 14.4 Å². The van der Waals surface area contributed by atoms with Crippen LogP contribution in [0.1, 0.15) is 17.5 Å². The van der Waals surface area contributed by atoms with Gasteiger partial charge in [-0.2, -0.15) is 0 Å². The smallest absolute Gasteiger partial charge is 0.303 e. The molecular formula is C19H19N5O4. The van der Waals surface area contributed by atoms with Gasteiger partial charge in [0.2, 0.25) is 11.8 Å². The molecule has 0 radical (unpaired) electrons. The first-order valence-electron chi connectivity index (χ1n) is 8.25. The number of nitrogens with one attached hydrogen (secondary N) is 3. The number of carbonyl (C=O) groups excluding carboxylic acids is 2. The van der Waals surface area contributed by atoms with Gasteiger partial charge in [0.1, 0.15) is 11.7 Å². The molecule has 144 valence electrons. The number of aliphatic carboxylic acids is 1. The zero-order valence-electron chi connectivity index (χ0n) is 14.8. The van der Waals surface area contributed by atoms with E-state index in [2.05, 4.69) is 15.6 Å². The van der Waals surface area contributed by atoms with E-state index >= 15 is 0 Å². The van der Waals surface area contributed by atoms with E-state index in [0.29, 0.717) is 16.8 Å². The number of amidine groups is 1. The Labute approximate surface area is 160 Å². The lowest BCUT2D eigenvalue weighted by Gasteiger charge is -2.07. The molecule has 1 heterocycles. The van der Waals surface area contributed by atoms with Gasteiger partial charge in [-0.05, 0) is 42.3 Å². The van der Waals surface area contributed by atoms with E-state index in [1.807, 2.05) is 0 Å². The van der Waals surface area contributed by atoms with Crippen LogP contribution in [0.15, 0.2) is 54.7 Å². The van der Waals surface area contributed by atoms with Crippen molar-refractivity contribution in [1.29, 1.82) is 5.41 Å². The molecule has 0 saturated carbocycles. The summed E-state index contributed by atoms with van der Waals surface area (Å²) in [6, 6.07) is 9.68. The number of carbonyl (C=O) groups is 3. The highest BCUT2D eigenvalue weighted by Gasteiger charge is 2.08. The van der Waals surface area contributed by atoms with Crippen molar-refractivity contribution in [2.24, 2.45) is 5.73 Å². The minimum atomic E-state index is -0.950. The molecule has 0 atom stereocenters. The van der Waals surface area contributed by atoms with Gasteiger partial charge in [0.25, 0.3) is 0 Å². The van der Waals surface area contributed by atoms with Gasteiger partial charge < -0.3 is 21.5 Å². The molecular weight excluding hydrogens is 362 g/mol. The first-order valence-corrected chi connectivity index (χ1v) is 8.25. The minimum Gasteiger partial charge on any atom is -0.481 e. The van der Waals surface area contributed by atoms with Crippen LogP contribution >= 0.6 is 0 Å². The number of aryl methyl sites for hydroxylation is 1. The molecule has 0 fully saturated rings. The monoisotopic (exact) mass is 381 g/mol. The van der Waals surface area contributed by atoms with Crippen LogP contribution in [0.4, 0.5) is 11.5 Å². The van der Waals surface area contributed by atoms with Gasteiger partial charge in [0, 0.05) is 36.0 Å². The summed E-state index contributed by atoms with van der Waals surface area (Å²) in [5, 5.41) is 21.2. The summed E-state index contributed by atoms with van der Waals surface area (Å²) in [7, 11) is 0. The van der Waals surface area contributed by atoms with E-state index in [4.69, 9.17) is 16.2 Å². The summed E-state index contributed by atoms with van der Waals surface area (Å²) < 4.78 is 0. The number of aromatic nitrogens is 1. The van der Waals surface area contributed by atoms with Crippen molar-refractivity contribution in [3.8, 4) is 0 Å². The Hall–Kier alpha value is -4.01. The Morgan fingerprint density at radius 3 is 2.32 bits per heavy atom. The number of anilines is 2. The number of amides is 2. The number of carboxylic acid groups (broad SMARTS) is 1. The number of hydrogen-bond donors (Lipinski definition) is 5. The molecule has 2 aromatic rings. The molecule has 0 aliphatic rings. The van der Waals surface area contributed by atoms with E-state index in [1.165, 1.54) is 6.20 Å². The molecule has 0 spiro atoms. The SMILES string of the molecule is N=C(N)c1ccc(NC(=O)/C=C\C(=O)Nc2ncccc2CCC(=O)O)cc1. The van der Waals surface area contributed by atoms with Gasteiger partial charge in [-0.3, -0.25) is 19.8 Å². The highest BCUT2D eigenvalue weighted by molar-refractivity contribution is 6.07. The number of nitrogen functional groups attached to an aromatic ring is 1. The van der Waals surface area contributed by atoms with Crippen LogP contribution in [0.5, 0.6) is 0 Å². The Kier molecular flexibility index (Phi) is 6.98. The number of nitrogens with zero attached hydrogens (tertiary/aromatic N) is 1. The summed E-state index contributed by atoms with van der Waals surface area (Å²) in [6.07, 6.45) is 3.72. The maximum absolute atomic E-state index is 12.0. The summed E-state index contributed by atoms with van der Waals surface area (Å²) in [5.41, 5.74) is 6.96. The second-order valence-electron chi connectivity index (χ2n) is 5.71. The topological polar surface area (TPSA) is 158 Å². The van der Waals surface area contributed by atoms with Crippen molar-refractivity contribution < 1.29 is 19.5 Å². The quantitative estimate of drug-likeness (QED) is 0.265. The van der Waals surface area contributed by atoms with Crippen molar-refractivity contribution in [2.45, 2.75) is 12.8 Å². The second kappa shape index (κ2) is 9.62. The number of rotatable bonds is 8. The lowest BCUT2D eigenvalue weighted by Crippen LogP contribution is -2.14. The fraction of sp³-hybridized carbons (Fsp3) is 0.105. The molecule has 0 unspecified atom stereocenters. The number of benzene rings is 1. The first kappa shape index (κ1) is 20.3. The fourth-order valence-electron chi connectivity index (χ4n) is 2.22. The van der Waals surface area contributed by atoms with E-state index in [-0.39, 0.29) is 24.5 Å². The number of nitrogens with two attached hydrogens (primary N) is 1. The van der Waals surface area contributed by atoms with Crippen LogP contribution in [0.25, 0.3) is 0 Å².